The molecule has 2 amide bonds. The number of amides is 2. The molecule has 0 fully saturated rings. The van der Waals surface area contributed by atoms with Crippen molar-refractivity contribution in [3.8, 4) is 0 Å². The van der Waals surface area contributed by atoms with E-state index in [1.807, 2.05) is 0 Å². The highest BCUT2D eigenvalue weighted by atomic mass is 16.2. The van der Waals surface area contributed by atoms with Crippen LogP contribution in [-0.4, -0.2) is 59.8 Å². The maximum absolute atomic E-state index is 12.6. The quantitative estimate of drug-likeness (QED) is 0.248. The molecule has 130 valence electrons. The van der Waals surface area contributed by atoms with Crippen LogP contribution in [0.1, 0.15) is 21.0 Å². The number of aromatic nitrogens is 1. The first-order valence-electron chi connectivity index (χ1n) is 6.98. The number of nitrogens with zero attached hydrogens (tertiary/aromatic N) is 4. The van der Waals surface area contributed by atoms with E-state index in [0.29, 0.717) is 0 Å². The van der Waals surface area contributed by atoms with E-state index in [1.165, 1.54) is 23.1 Å². The number of guanidine groups is 2. The molecule has 0 aliphatic heterocycles. The molecule has 1 aromatic heterocycles. The molecule has 1 rings (SSSR count). The van der Waals surface area contributed by atoms with Gasteiger partial charge in [-0.1, -0.05) is 6.07 Å². The summed E-state index contributed by atoms with van der Waals surface area (Å²) in [4.78, 5) is 36.8. The highest BCUT2D eigenvalue weighted by Gasteiger charge is 2.17. The Labute approximate surface area is 138 Å². The molecule has 0 unspecified atom stereocenters. The molecule has 1 heterocycles. The van der Waals surface area contributed by atoms with Gasteiger partial charge in [0.25, 0.3) is 11.8 Å². The Kier molecular flexibility index (Phi) is 6.95. The van der Waals surface area contributed by atoms with Crippen molar-refractivity contribution in [3.05, 3.63) is 29.6 Å². The molecule has 24 heavy (non-hydrogen) atoms. The number of primary amides is 1. The zero-order chi connectivity index (χ0) is 18.1. The number of hydrogen-bond acceptors (Lipinski definition) is 5. The summed E-state index contributed by atoms with van der Waals surface area (Å²) in [6, 6.07) is 4.41. The van der Waals surface area contributed by atoms with Crippen LogP contribution in [0.2, 0.25) is 0 Å². The average molecular weight is 335 g/mol. The molecule has 0 atom stereocenters. The molecule has 10 N–H and O–H groups in total. The van der Waals surface area contributed by atoms with E-state index in [-0.39, 0.29) is 49.5 Å². The van der Waals surface area contributed by atoms with Crippen LogP contribution in [0.15, 0.2) is 28.2 Å². The van der Waals surface area contributed by atoms with E-state index in [4.69, 9.17) is 28.7 Å². The van der Waals surface area contributed by atoms with Gasteiger partial charge in [0.15, 0.2) is 11.9 Å². The average Bonchev–Trinajstić information content (AvgIpc) is 2.52. The zero-order valence-corrected chi connectivity index (χ0v) is 13.1. The minimum absolute atomic E-state index is 0.00533. The standard InChI is InChI=1S/C13H21N9O2/c14-10(23)8-2-1-3-9(21-8)11(24)22(6-4-19-12(15)16)7-5-20-13(17)18/h1-3H,4-7H2,(H2,14,23)(H4,15,16,19)(H4,17,18,20). The van der Waals surface area contributed by atoms with Crippen molar-refractivity contribution in [2.45, 2.75) is 0 Å². The molecule has 0 radical (unpaired) electrons. The summed E-state index contributed by atoms with van der Waals surface area (Å²) in [5.74, 6) is -1.31. The summed E-state index contributed by atoms with van der Waals surface area (Å²) in [5, 5.41) is 0. The SMILES string of the molecule is NC(=O)c1cccc(C(=O)N(CCN=C(N)N)CCN=C(N)N)n1. The first kappa shape index (κ1) is 18.7. The third-order valence-corrected chi connectivity index (χ3v) is 2.84. The van der Waals surface area contributed by atoms with Gasteiger partial charge < -0.3 is 33.6 Å². The Bertz CT molecular complexity index is 627. The van der Waals surface area contributed by atoms with Crippen LogP contribution in [-0.2, 0) is 0 Å². The van der Waals surface area contributed by atoms with Crippen molar-refractivity contribution in [2.75, 3.05) is 26.2 Å². The highest BCUT2D eigenvalue weighted by Crippen LogP contribution is 2.04. The van der Waals surface area contributed by atoms with Gasteiger partial charge >= 0.3 is 0 Å². The van der Waals surface area contributed by atoms with Crippen LogP contribution >= 0.6 is 0 Å². The Morgan fingerprint density at radius 3 is 1.88 bits per heavy atom. The van der Waals surface area contributed by atoms with Gasteiger partial charge in [-0.15, -0.1) is 0 Å². The van der Waals surface area contributed by atoms with E-state index in [1.54, 1.807) is 0 Å². The van der Waals surface area contributed by atoms with E-state index in [2.05, 4.69) is 15.0 Å². The second-order valence-electron chi connectivity index (χ2n) is 4.68. The minimum Gasteiger partial charge on any atom is -0.370 e. The van der Waals surface area contributed by atoms with Crippen LogP contribution in [0, 0.1) is 0 Å². The largest absolute Gasteiger partial charge is 0.370 e. The number of carbonyl (C=O) groups is 2. The van der Waals surface area contributed by atoms with Crippen LogP contribution < -0.4 is 28.7 Å². The van der Waals surface area contributed by atoms with E-state index < -0.39 is 11.8 Å². The van der Waals surface area contributed by atoms with Crippen molar-refractivity contribution < 1.29 is 9.59 Å². The molecular formula is C13H21N9O2. The number of aliphatic imine (C=N–C) groups is 2. The summed E-state index contributed by atoms with van der Waals surface area (Å²) < 4.78 is 0. The molecule has 0 saturated heterocycles. The number of hydrogen-bond donors (Lipinski definition) is 5. The van der Waals surface area contributed by atoms with Crippen molar-refractivity contribution in [2.24, 2.45) is 38.7 Å². The fraction of sp³-hybridized carbons (Fsp3) is 0.308. The normalized spacial score (nSPS) is 9.83. The summed E-state index contributed by atoms with van der Waals surface area (Å²) in [7, 11) is 0. The Balaban J connectivity index is 2.92. The van der Waals surface area contributed by atoms with Crippen molar-refractivity contribution in [3.63, 3.8) is 0 Å². The van der Waals surface area contributed by atoms with E-state index in [0.717, 1.165) is 0 Å². The lowest BCUT2D eigenvalue weighted by atomic mass is 10.2. The van der Waals surface area contributed by atoms with Gasteiger partial charge in [-0.3, -0.25) is 19.6 Å². The van der Waals surface area contributed by atoms with Gasteiger partial charge in [-0.05, 0) is 12.1 Å². The van der Waals surface area contributed by atoms with E-state index in [9.17, 15) is 9.59 Å². The van der Waals surface area contributed by atoms with Crippen LogP contribution in [0.3, 0.4) is 0 Å². The van der Waals surface area contributed by atoms with Gasteiger partial charge in [0.05, 0.1) is 13.1 Å². The smallest absolute Gasteiger partial charge is 0.272 e. The van der Waals surface area contributed by atoms with Crippen LogP contribution in [0.4, 0.5) is 0 Å². The monoisotopic (exact) mass is 335 g/mol. The lowest BCUT2D eigenvalue weighted by Crippen LogP contribution is -2.37. The minimum atomic E-state index is -0.725. The Morgan fingerprint density at radius 2 is 1.42 bits per heavy atom. The lowest BCUT2D eigenvalue weighted by Gasteiger charge is -2.21. The summed E-state index contributed by atoms with van der Waals surface area (Å²) >= 11 is 0. The van der Waals surface area contributed by atoms with Gasteiger partial charge in [-0.25, -0.2) is 4.98 Å². The fourth-order valence-corrected chi connectivity index (χ4v) is 1.77. The third kappa shape index (κ3) is 6.17. The molecule has 11 nitrogen and oxygen atoms in total. The second kappa shape index (κ2) is 8.92. The predicted octanol–water partition coefficient (Wildman–Crippen LogP) is -2.83. The molecular weight excluding hydrogens is 314 g/mol. The topological polar surface area (TPSA) is 205 Å². The van der Waals surface area contributed by atoms with Gasteiger partial charge in [0, 0.05) is 13.1 Å². The summed E-state index contributed by atoms with van der Waals surface area (Å²) in [6.07, 6.45) is 0. The highest BCUT2D eigenvalue weighted by molar-refractivity contribution is 5.95. The molecule has 1 aromatic rings. The second-order valence-corrected chi connectivity index (χ2v) is 4.68. The molecule has 11 heteroatoms. The number of pyridine rings is 1. The third-order valence-electron chi connectivity index (χ3n) is 2.84. The fourth-order valence-electron chi connectivity index (χ4n) is 1.77. The molecule has 0 aromatic carbocycles. The van der Waals surface area contributed by atoms with Crippen LogP contribution in [0.25, 0.3) is 0 Å². The maximum atomic E-state index is 12.6. The first-order chi connectivity index (χ1) is 11.3. The van der Waals surface area contributed by atoms with Crippen molar-refractivity contribution in [1.82, 2.24) is 9.88 Å². The van der Waals surface area contributed by atoms with Crippen molar-refractivity contribution >= 4 is 23.7 Å². The summed E-state index contributed by atoms with van der Waals surface area (Å²) in [6.45, 7) is 0.842. The van der Waals surface area contributed by atoms with Gasteiger partial charge in [-0.2, -0.15) is 0 Å². The van der Waals surface area contributed by atoms with E-state index >= 15 is 0 Å². The summed E-state index contributed by atoms with van der Waals surface area (Å²) in [5.41, 5.74) is 26.3. The maximum Gasteiger partial charge on any atom is 0.272 e. The van der Waals surface area contributed by atoms with Gasteiger partial charge in [0.2, 0.25) is 0 Å². The Morgan fingerprint density at radius 1 is 0.917 bits per heavy atom. The molecule has 0 saturated carbocycles. The zero-order valence-electron chi connectivity index (χ0n) is 13.1. The molecule has 0 spiro atoms. The predicted molar refractivity (Wildman–Crippen MR) is 90.0 cm³/mol. The Hall–Kier alpha value is -3.37. The first-order valence-corrected chi connectivity index (χ1v) is 6.98. The number of nitrogens with two attached hydrogens (primary N) is 5. The molecule has 0 aliphatic rings. The van der Waals surface area contributed by atoms with Gasteiger partial charge in [0.1, 0.15) is 11.4 Å². The number of rotatable bonds is 8. The molecule has 0 aliphatic carbocycles. The van der Waals surface area contributed by atoms with Crippen LogP contribution in [0.5, 0.6) is 0 Å². The van der Waals surface area contributed by atoms with Crippen molar-refractivity contribution in [1.29, 1.82) is 0 Å². The lowest BCUT2D eigenvalue weighted by molar-refractivity contribution is 0.0759. The molecule has 0 bridgehead atoms. The number of carbonyl (C=O) groups excluding carboxylic acids is 2.